The first-order chi connectivity index (χ1) is 9.74. The van der Waals surface area contributed by atoms with Gasteiger partial charge in [-0.25, -0.2) is 9.37 Å². The lowest BCUT2D eigenvalue weighted by Crippen LogP contribution is -1.93. The zero-order valence-electron chi connectivity index (χ0n) is 10.5. The van der Waals surface area contributed by atoms with Gasteiger partial charge in [0.2, 0.25) is 0 Å². The molecule has 0 saturated heterocycles. The number of nitrogens with zero attached hydrogens (tertiary/aromatic N) is 1. The van der Waals surface area contributed by atoms with E-state index in [2.05, 4.69) is 4.98 Å². The van der Waals surface area contributed by atoms with Crippen LogP contribution in [-0.4, -0.2) is 4.98 Å². The minimum absolute atomic E-state index is 0.155. The number of aromatic nitrogens is 1. The Morgan fingerprint density at radius 3 is 2.65 bits per heavy atom. The van der Waals surface area contributed by atoms with Crippen molar-refractivity contribution < 1.29 is 4.39 Å². The quantitative estimate of drug-likeness (QED) is 0.648. The van der Waals surface area contributed by atoms with Gasteiger partial charge in [0.05, 0.1) is 15.7 Å². The Morgan fingerprint density at radius 1 is 1.05 bits per heavy atom. The summed E-state index contributed by atoms with van der Waals surface area (Å²) in [6.45, 7) is 0. The Balaban J connectivity index is 1.86. The Morgan fingerprint density at radius 2 is 1.85 bits per heavy atom. The van der Waals surface area contributed by atoms with Crippen molar-refractivity contribution >= 4 is 22.9 Å². The van der Waals surface area contributed by atoms with Crippen LogP contribution in [0.5, 0.6) is 0 Å². The molecule has 0 unspecified atom stereocenters. The molecule has 1 nitrogen and oxygen atoms in total. The average molecular weight is 304 g/mol. The highest BCUT2D eigenvalue weighted by Crippen LogP contribution is 2.25. The molecule has 2 aromatic carbocycles. The number of benzene rings is 2. The lowest BCUT2D eigenvalue weighted by atomic mass is 10.1. The van der Waals surface area contributed by atoms with E-state index in [4.69, 9.17) is 11.6 Å². The number of thiazole rings is 1. The van der Waals surface area contributed by atoms with Crippen LogP contribution in [0.3, 0.4) is 0 Å². The molecule has 4 heteroatoms. The van der Waals surface area contributed by atoms with Crippen molar-refractivity contribution in [3.8, 4) is 11.3 Å². The second-order valence-electron chi connectivity index (χ2n) is 4.38. The van der Waals surface area contributed by atoms with Crippen LogP contribution in [0.2, 0.25) is 5.02 Å². The highest BCUT2D eigenvalue weighted by atomic mass is 35.5. The molecule has 0 saturated carbocycles. The molecule has 1 heterocycles. The molecule has 0 radical (unpaired) electrons. The summed E-state index contributed by atoms with van der Waals surface area (Å²) >= 11 is 7.32. The zero-order chi connectivity index (χ0) is 13.9. The number of hydrogen-bond donors (Lipinski definition) is 0. The predicted molar refractivity (Wildman–Crippen MR) is 81.8 cm³/mol. The van der Waals surface area contributed by atoms with E-state index in [0.717, 1.165) is 16.3 Å². The second-order valence-corrected chi connectivity index (χ2v) is 5.73. The summed E-state index contributed by atoms with van der Waals surface area (Å²) in [6, 6.07) is 15.0. The maximum atomic E-state index is 13.9. The van der Waals surface area contributed by atoms with Crippen molar-refractivity contribution in [2.24, 2.45) is 0 Å². The Labute approximate surface area is 125 Å². The largest absolute Gasteiger partial charge is 0.241 e. The van der Waals surface area contributed by atoms with E-state index in [-0.39, 0.29) is 10.8 Å². The maximum Gasteiger partial charge on any atom is 0.145 e. The zero-order valence-corrected chi connectivity index (χ0v) is 12.1. The molecule has 0 bridgehead atoms. The van der Waals surface area contributed by atoms with Crippen LogP contribution in [0.25, 0.3) is 11.3 Å². The van der Waals surface area contributed by atoms with E-state index in [0.29, 0.717) is 12.0 Å². The van der Waals surface area contributed by atoms with E-state index >= 15 is 0 Å². The molecule has 0 N–H and O–H groups in total. The van der Waals surface area contributed by atoms with Crippen LogP contribution in [0.1, 0.15) is 10.6 Å². The SMILES string of the molecule is Fc1c(Cl)cccc1Cc1nc(-c2ccccc2)cs1. The van der Waals surface area contributed by atoms with E-state index in [1.165, 1.54) is 11.3 Å². The second kappa shape index (κ2) is 5.73. The van der Waals surface area contributed by atoms with Crippen LogP contribution < -0.4 is 0 Å². The molecule has 0 atom stereocenters. The summed E-state index contributed by atoms with van der Waals surface area (Å²) in [5.74, 6) is -0.356. The Hall–Kier alpha value is -1.71. The first-order valence-electron chi connectivity index (χ1n) is 6.17. The lowest BCUT2D eigenvalue weighted by molar-refractivity contribution is 0.614. The highest BCUT2D eigenvalue weighted by molar-refractivity contribution is 7.10. The summed E-state index contributed by atoms with van der Waals surface area (Å²) < 4.78 is 13.9. The highest BCUT2D eigenvalue weighted by Gasteiger charge is 2.10. The molecule has 1 aromatic heterocycles. The van der Waals surface area contributed by atoms with Gasteiger partial charge in [0.1, 0.15) is 5.82 Å². The van der Waals surface area contributed by atoms with Gasteiger partial charge in [-0.15, -0.1) is 11.3 Å². The molecule has 3 aromatic rings. The summed E-state index contributed by atoms with van der Waals surface area (Å²) in [6.07, 6.45) is 0.462. The summed E-state index contributed by atoms with van der Waals surface area (Å²) in [5.41, 5.74) is 2.57. The van der Waals surface area contributed by atoms with Crippen molar-refractivity contribution in [3.63, 3.8) is 0 Å². The van der Waals surface area contributed by atoms with Crippen LogP contribution in [0.15, 0.2) is 53.9 Å². The molecule has 0 spiro atoms. The monoisotopic (exact) mass is 303 g/mol. The van der Waals surface area contributed by atoms with Crippen LogP contribution >= 0.6 is 22.9 Å². The minimum Gasteiger partial charge on any atom is -0.241 e. The van der Waals surface area contributed by atoms with E-state index < -0.39 is 0 Å². The van der Waals surface area contributed by atoms with Crippen molar-refractivity contribution in [2.45, 2.75) is 6.42 Å². The number of hydrogen-bond acceptors (Lipinski definition) is 2. The summed E-state index contributed by atoms with van der Waals surface area (Å²) in [7, 11) is 0. The van der Waals surface area contributed by atoms with E-state index in [1.54, 1.807) is 18.2 Å². The van der Waals surface area contributed by atoms with Gasteiger partial charge in [-0.2, -0.15) is 0 Å². The molecule has 0 aliphatic heterocycles. The molecular weight excluding hydrogens is 293 g/mol. The fourth-order valence-corrected chi connectivity index (χ4v) is 3.00. The van der Waals surface area contributed by atoms with Gasteiger partial charge < -0.3 is 0 Å². The molecule has 0 aliphatic rings. The van der Waals surface area contributed by atoms with E-state index in [1.807, 2.05) is 35.7 Å². The summed E-state index contributed by atoms with van der Waals surface area (Å²) in [4.78, 5) is 4.56. The third kappa shape index (κ3) is 2.74. The first-order valence-corrected chi connectivity index (χ1v) is 7.42. The normalized spacial score (nSPS) is 10.7. The number of halogens is 2. The van der Waals surface area contributed by atoms with Gasteiger partial charge in [0.25, 0.3) is 0 Å². The van der Waals surface area contributed by atoms with Crippen molar-refractivity contribution in [3.05, 3.63) is 75.3 Å². The molecule has 100 valence electrons. The molecule has 20 heavy (non-hydrogen) atoms. The summed E-state index contributed by atoms with van der Waals surface area (Å²) in [5, 5.41) is 3.03. The van der Waals surface area contributed by atoms with Crippen molar-refractivity contribution in [1.82, 2.24) is 4.98 Å². The van der Waals surface area contributed by atoms with Crippen molar-refractivity contribution in [1.29, 1.82) is 0 Å². The first kappa shape index (κ1) is 13.3. The fraction of sp³-hybridized carbons (Fsp3) is 0.0625. The fourth-order valence-electron chi connectivity index (χ4n) is 1.98. The van der Waals surface area contributed by atoms with Crippen LogP contribution in [0, 0.1) is 5.82 Å². The van der Waals surface area contributed by atoms with E-state index in [9.17, 15) is 4.39 Å². The van der Waals surface area contributed by atoms with Crippen LogP contribution in [0.4, 0.5) is 4.39 Å². The minimum atomic E-state index is -0.356. The van der Waals surface area contributed by atoms with Gasteiger partial charge >= 0.3 is 0 Å². The number of rotatable bonds is 3. The van der Waals surface area contributed by atoms with Crippen LogP contribution in [-0.2, 0) is 6.42 Å². The molecule has 0 fully saturated rings. The maximum absolute atomic E-state index is 13.9. The van der Waals surface area contributed by atoms with Gasteiger partial charge in [0.15, 0.2) is 0 Å². The van der Waals surface area contributed by atoms with Gasteiger partial charge in [-0.05, 0) is 11.6 Å². The van der Waals surface area contributed by atoms with Crippen molar-refractivity contribution in [2.75, 3.05) is 0 Å². The average Bonchev–Trinajstić information content (AvgIpc) is 2.93. The lowest BCUT2D eigenvalue weighted by Gasteiger charge is -2.01. The van der Waals surface area contributed by atoms with Gasteiger partial charge in [-0.1, -0.05) is 54.1 Å². The molecular formula is C16H11ClFNS. The Bertz CT molecular complexity index is 724. The molecule has 3 rings (SSSR count). The third-order valence-electron chi connectivity index (χ3n) is 2.99. The third-order valence-corrected chi connectivity index (χ3v) is 4.14. The Kier molecular flexibility index (Phi) is 3.81. The van der Waals surface area contributed by atoms with Gasteiger partial charge in [0, 0.05) is 17.4 Å². The molecule has 0 aliphatic carbocycles. The topological polar surface area (TPSA) is 12.9 Å². The molecule has 0 amide bonds. The van der Waals surface area contributed by atoms with Gasteiger partial charge in [-0.3, -0.25) is 0 Å². The predicted octanol–water partition coefficient (Wildman–Crippen LogP) is 5.19. The standard InChI is InChI=1S/C16H11ClFNS/c17-13-8-4-7-12(16(13)18)9-15-19-14(10-20-15)11-5-2-1-3-6-11/h1-8,10H,9H2. The smallest absolute Gasteiger partial charge is 0.145 e.